The average molecular weight is 640 g/mol. The van der Waals surface area contributed by atoms with Crippen LogP contribution in [-0.2, 0) is 19.2 Å². The number of imide groups is 2. The van der Waals surface area contributed by atoms with Gasteiger partial charge in [0.2, 0.25) is 11.8 Å². The van der Waals surface area contributed by atoms with E-state index in [1.807, 2.05) is 6.08 Å². The molecular formula is C28H29BrCl2N2O6. The SMILES string of the molecule is COc1cccc([C@H]2C3=CC[C@@H]4C(=O)N(C5CCCCC5)C(=O)[C@@H]4[C@@H]3C[C@@]3(Cl)C(=O)N(CBr)C(=O)[C@@]23Cl)c1O. The van der Waals surface area contributed by atoms with Crippen molar-refractivity contribution in [3.63, 3.8) is 0 Å². The predicted molar refractivity (Wildman–Crippen MR) is 147 cm³/mol. The Morgan fingerprint density at radius 3 is 2.44 bits per heavy atom. The van der Waals surface area contributed by atoms with Crippen LogP contribution >= 0.6 is 39.1 Å². The van der Waals surface area contributed by atoms with Gasteiger partial charge in [0, 0.05) is 17.5 Å². The van der Waals surface area contributed by atoms with Crippen LogP contribution in [0.25, 0.3) is 0 Å². The van der Waals surface area contributed by atoms with Crippen LogP contribution in [0.3, 0.4) is 0 Å². The van der Waals surface area contributed by atoms with Crippen molar-refractivity contribution in [3.8, 4) is 11.5 Å². The first-order chi connectivity index (χ1) is 18.6. The Morgan fingerprint density at radius 1 is 1.05 bits per heavy atom. The number of phenols is 1. The molecular weight excluding hydrogens is 611 g/mol. The van der Waals surface area contributed by atoms with E-state index >= 15 is 0 Å². The molecule has 5 aliphatic rings. The van der Waals surface area contributed by atoms with Crippen molar-refractivity contribution in [3.05, 3.63) is 35.4 Å². The van der Waals surface area contributed by atoms with Gasteiger partial charge in [0.15, 0.2) is 21.2 Å². The Balaban J connectivity index is 1.52. The molecule has 2 saturated heterocycles. The summed E-state index contributed by atoms with van der Waals surface area (Å²) < 4.78 is 5.33. The third-order valence-electron chi connectivity index (χ3n) is 9.55. The summed E-state index contributed by atoms with van der Waals surface area (Å²) in [5, 5.41) is 11.2. The Morgan fingerprint density at radius 2 is 1.77 bits per heavy atom. The molecule has 6 rings (SSSR count). The molecule has 4 fully saturated rings. The summed E-state index contributed by atoms with van der Waals surface area (Å²) in [7, 11) is 1.41. The van der Waals surface area contributed by atoms with Crippen LogP contribution in [0, 0.1) is 17.8 Å². The van der Waals surface area contributed by atoms with Crippen LogP contribution < -0.4 is 4.74 Å². The summed E-state index contributed by atoms with van der Waals surface area (Å²) in [4.78, 5) is 53.8. The number of aromatic hydroxyl groups is 1. The number of methoxy groups -OCH3 is 1. The van der Waals surface area contributed by atoms with Gasteiger partial charge in [0.25, 0.3) is 11.8 Å². The lowest BCUT2D eigenvalue weighted by Crippen LogP contribution is -2.60. The lowest BCUT2D eigenvalue weighted by atomic mass is 9.56. The summed E-state index contributed by atoms with van der Waals surface area (Å²) in [5.74, 6) is -4.70. The van der Waals surface area contributed by atoms with Gasteiger partial charge in [0.05, 0.1) is 24.4 Å². The highest BCUT2D eigenvalue weighted by Crippen LogP contribution is 2.66. The minimum atomic E-state index is -1.97. The van der Waals surface area contributed by atoms with E-state index in [0.29, 0.717) is 12.0 Å². The highest BCUT2D eigenvalue weighted by atomic mass is 79.9. The predicted octanol–water partition coefficient (Wildman–Crippen LogP) is 4.44. The summed E-state index contributed by atoms with van der Waals surface area (Å²) in [6.45, 7) is 0. The van der Waals surface area contributed by atoms with Gasteiger partial charge < -0.3 is 9.84 Å². The number of hydrogen-bond acceptors (Lipinski definition) is 6. The van der Waals surface area contributed by atoms with Gasteiger partial charge in [-0.15, -0.1) is 23.2 Å². The van der Waals surface area contributed by atoms with E-state index < -0.39 is 45.2 Å². The Bertz CT molecular complexity index is 1310. The smallest absolute Gasteiger partial charge is 0.254 e. The third-order valence-corrected chi connectivity index (χ3v) is 11.5. The number of para-hydroxylation sites is 1. The van der Waals surface area contributed by atoms with Gasteiger partial charge in [0.1, 0.15) is 0 Å². The monoisotopic (exact) mass is 638 g/mol. The second-order valence-corrected chi connectivity index (χ2v) is 13.0. The molecule has 1 aromatic rings. The summed E-state index contributed by atoms with van der Waals surface area (Å²) in [6.07, 6.45) is 6.72. The fourth-order valence-corrected chi connectivity index (χ4v) is 9.18. The van der Waals surface area contributed by atoms with E-state index in [9.17, 15) is 24.3 Å². The highest BCUT2D eigenvalue weighted by Gasteiger charge is 2.76. The van der Waals surface area contributed by atoms with Gasteiger partial charge in [-0.25, -0.2) is 0 Å². The molecule has 39 heavy (non-hydrogen) atoms. The molecule has 4 amide bonds. The number of carbonyl (C=O) groups is 4. The summed E-state index contributed by atoms with van der Waals surface area (Å²) in [6, 6.07) is 4.75. The molecule has 0 bridgehead atoms. The van der Waals surface area contributed by atoms with Crippen molar-refractivity contribution < 1.29 is 29.0 Å². The number of ether oxygens (including phenoxy) is 1. The molecule has 0 aromatic heterocycles. The first-order valence-corrected chi connectivity index (χ1v) is 15.2. The van der Waals surface area contributed by atoms with Crippen LogP contribution in [0.15, 0.2) is 29.8 Å². The quantitative estimate of drug-likeness (QED) is 0.226. The minimum absolute atomic E-state index is 0.0715. The molecule has 2 saturated carbocycles. The van der Waals surface area contributed by atoms with Crippen LogP contribution in [0.5, 0.6) is 11.5 Å². The molecule has 1 aromatic carbocycles. The molecule has 2 aliphatic heterocycles. The molecule has 0 radical (unpaired) electrons. The second kappa shape index (κ2) is 9.48. The number of likely N-dealkylation sites (tertiary alicyclic amines) is 2. The minimum Gasteiger partial charge on any atom is -0.504 e. The van der Waals surface area contributed by atoms with Gasteiger partial charge in [-0.3, -0.25) is 29.0 Å². The summed E-state index contributed by atoms with van der Waals surface area (Å²) in [5.41, 5.74) is 0.824. The number of carbonyl (C=O) groups excluding carboxylic acids is 4. The zero-order valence-electron chi connectivity index (χ0n) is 21.4. The topological polar surface area (TPSA) is 104 Å². The number of fused-ring (bicyclic) bond motifs is 4. The number of alkyl halides is 3. The van der Waals surface area contributed by atoms with Crippen molar-refractivity contribution in [2.45, 2.75) is 66.7 Å². The van der Waals surface area contributed by atoms with Crippen molar-refractivity contribution in [1.29, 1.82) is 0 Å². The van der Waals surface area contributed by atoms with Crippen molar-refractivity contribution in [1.82, 2.24) is 9.80 Å². The van der Waals surface area contributed by atoms with Crippen LogP contribution in [0.2, 0.25) is 0 Å². The lowest BCUT2D eigenvalue weighted by molar-refractivity contribution is -0.144. The molecule has 0 unspecified atom stereocenters. The third kappa shape index (κ3) is 3.48. The molecule has 0 spiro atoms. The number of allylic oxidation sites excluding steroid dienone is 2. The van der Waals surface area contributed by atoms with Crippen molar-refractivity contribution in [2.24, 2.45) is 17.8 Å². The number of amides is 4. The molecule has 11 heteroatoms. The molecule has 208 valence electrons. The Kier molecular flexibility index (Phi) is 6.59. The van der Waals surface area contributed by atoms with Gasteiger partial charge >= 0.3 is 0 Å². The number of benzene rings is 1. The number of halogens is 3. The maximum Gasteiger partial charge on any atom is 0.254 e. The van der Waals surface area contributed by atoms with Crippen LogP contribution in [0.1, 0.15) is 56.4 Å². The molecule has 8 nitrogen and oxygen atoms in total. The largest absolute Gasteiger partial charge is 0.504 e. The van der Waals surface area contributed by atoms with Crippen molar-refractivity contribution in [2.75, 3.05) is 12.6 Å². The zero-order valence-corrected chi connectivity index (χ0v) is 24.5. The van der Waals surface area contributed by atoms with Crippen LogP contribution in [0.4, 0.5) is 0 Å². The van der Waals surface area contributed by atoms with Gasteiger partial charge in [-0.1, -0.05) is 59.0 Å². The number of hydrogen-bond donors (Lipinski definition) is 1. The maximum absolute atomic E-state index is 14.0. The molecule has 2 heterocycles. The number of nitrogens with zero attached hydrogens (tertiary/aromatic N) is 2. The number of rotatable bonds is 4. The normalized spacial score (nSPS) is 36.6. The Labute approximate surface area is 244 Å². The fourth-order valence-electron chi connectivity index (χ4n) is 7.76. The molecule has 3 aliphatic carbocycles. The van der Waals surface area contributed by atoms with Crippen LogP contribution in [-0.4, -0.2) is 66.9 Å². The average Bonchev–Trinajstić information content (AvgIpc) is 3.27. The Hall–Kier alpha value is -2.10. The zero-order chi connectivity index (χ0) is 27.9. The van der Waals surface area contributed by atoms with E-state index in [4.69, 9.17) is 27.9 Å². The first-order valence-electron chi connectivity index (χ1n) is 13.3. The lowest BCUT2D eigenvalue weighted by Gasteiger charge is -2.50. The highest BCUT2D eigenvalue weighted by molar-refractivity contribution is 9.09. The first kappa shape index (κ1) is 27.1. The standard InChI is InChI=1S/C28H29BrCl2N2O6/c1-39-19-9-5-8-17(22(19)34)21-15-10-11-16-20(24(36)33(23(16)35)14-6-3-2-4-7-14)18(15)12-27(30)25(37)32(13-29)26(38)28(21,27)31/h5,8-10,14,16,18,20-21,34H,2-4,6-7,11-13H2,1H3/t16-,18+,20-,21+,27+,28-/m0/s1. The second-order valence-electron chi connectivity index (χ2n) is 11.2. The van der Waals surface area contributed by atoms with E-state index in [-0.39, 0.29) is 46.8 Å². The van der Waals surface area contributed by atoms with Crippen molar-refractivity contribution >= 4 is 62.8 Å². The summed E-state index contributed by atoms with van der Waals surface area (Å²) >= 11 is 17.6. The van der Waals surface area contributed by atoms with E-state index in [0.717, 1.165) is 37.0 Å². The molecule has 1 N–H and O–H groups in total. The van der Waals surface area contributed by atoms with E-state index in [1.54, 1.807) is 18.2 Å². The van der Waals surface area contributed by atoms with E-state index in [2.05, 4.69) is 15.9 Å². The fraction of sp³-hybridized carbons (Fsp3) is 0.571. The van der Waals surface area contributed by atoms with Gasteiger partial charge in [-0.2, -0.15) is 0 Å². The maximum atomic E-state index is 14.0. The van der Waals surface area contributed by atoms with E-state index in [1.165, 1.54) is 12.0 Å². The number of phenolic OH excluding ortho intramolecular Hbond substituents is 1. The van der Waals surface area contributed by atoms with Gasteiger partial charge in [-0.05, 0) is 37.7 Å². The molecule has 6 atom stereocenters.